The molecular formula is C31H48FN5O5. The molecule has 1 aromatic carbocycles. The monoisotopic (exact) mass is 589 g/mol. The second kappa shape index (κ2) is 14.5. The zero-order valence-electron chi connectivity index (χ0n) is 25.3. The molecule has 2 aliphatic heterocycles. The lowest BCUT2D eigenvalue weighted by Crippen LogP contribution is -2.58. The van der Waals surface area contributed by atoms with Crippen molar-refractivity contribution in [2.75, 3.05) is 56.2 Å². The Hall–Kier alpha value is -2.92. The lowest BCUT2D eigenvalue weighted by atomic mass is 9.84. The highest BCUT2D eigenvalue weighted by atomic mass is 19.1. The third kappa shape index (κ3) is 8.56. The number of morpholine rings is 1. The topological polar surface area (TPSA) is 114 Å². The molecule has 2 atom stereocenters. The first kappa shape index (κ1) is 32.0. The summed E-state index contributed by atoms with van der Waals surface area (Å²) in [5, 5.41) is 16.8. The molecule has 3 N–H and O–H groups in total. The van der Waals surface area contributed by atoms with Crippen LogP contribution in [0.4, 0.5) is 15.8 Å². The second-order valence-electron chi connectivity index (χ2n) is 13.1. The summed E-state index contributed by atoms with van der Waals surface area (Å²) >= 11 is 0. The summed E-state index contributed by atoms with van der Waals surface area (Å²) in [6.45, 7) is 9.26. The highest BCUT2D eigenvalue weighted by Crippen LogP contribution is 2.32. The van der Waals surface area contributed by atoms with Gasteiger partial charge in [-0.25, -0.2) is 9.45 Å². The van der Waals surface area contributed by atoms with Crippen molar-refractivity contribution in [3.63, 3.8) is 0 Å². The van der Waals surface area contributed by atoms with Crippen LogP contribution in [0.25, 0.3) is 0 Å². The fourth-order valence-electron chi connectivity index (χ4n) is 6.41. The highest BCUT2D eigenvalue weighted by molar-refractivity contribution is 5.89. The Morgan fingerprint density at radius 2 is 1.79 bits per heavy atom. The van der Waals surface area contributed by atoms with Crippen molar-refractivity contribution in [1.82, 2.24) is 15.3 Å². The number of nitrogens with one attached hydrogen (secondary N) is 2. The summed E-state index contributed by atoms with van der Waals surface area (Å²) in [5.41, 5.74) is 0.766. The molecule has 3 amide bonds. The van der Waals surface area contributed by atoms with E-state index < -0.39 is 17.4 Å². The van der Waals surface area contributed by atoms with Crippen LogP contribution in [-0.4, -0.2) is 91.4 Å². The summed E-state index contributed by atoms with van der Waals surface area (Å²) in [7, 11) is 0. The molecule has 0 spiro atoms. The number of hydroxylamine groups is 2. The molecule has 0 aromatic heterocycles. The van der Waals surface area contributed by atoms with Gasteiger partial charge in [0.05, 0.1) is 31.4 Å². The van der Waals surface area contributed by atoms with Crippen molar-refractivity contribution in [3.05, 3.63) is 24.0 Å². The summed E-state index contributed by atoms with van der Waals surface area (Å²) in [4.78, 5) is 42.1. The zero-order chi connectivity index (χ0) is 30.3. The third-order valence-electron chi connectivity index (χ3n) is 8.87. The number of nitrogens with zero attached hydrogens (tertiary/aromatic N) is 3. The van der Waals surface area contributed by atoms with Crippen LogP contribution in [-0.2, 0) is 19.1 Å². The Morgan fingerprint density at radius 3 is 2.38 bits per heavy atom. The SMILES string of the molecule is CC(C)(C)[C@@H](NC(=O)[C@@H](CC1CCCC1)CN(O)C=O)C(=O)N1CCC(Nc2ccc(N3CCOCC3)c(F)c2)CC1. The van der Waals surface area contributed by atoms with Crippen LogP contribution in [0.15, 0.2) is 18.2 Å². The van der Waals surface area contributed by atoms with E-state index in [0.717, 1.165) is 31.4 Å². The van der Waals surface area contributed by atoms with E-state index in [4.69, 9.17) is 4.74 Å². The van der Waals surface area contributed by atoms with Crippen LogP contribution < -0.4 is 15.5 Å². The van der Waals surface area contributed by atoms with Gasteiger partial charge in [0.25, 0.3) is 0 Å². The zero-order valence-corrected chi connectivity index (χ0v) is 25.3. The molecule has 3 aliphatic rings. The molecule has 0 bridgehead atoms. The lowest BCUT2D eigenvalue weighted by molar-refractivity contribution is -0.156. The van der Waals surface area contributed by atoms with Crippen LogP contribution in [0, 0.1) is 23.1 Å². The maximum Gasteiger partial charge on any atom is 0.245 e. The molecule has 3 fully saturated rings. The van der Waals surface area contributed by atoms with E-state index in [1.54, 1.807) is 4.90 Å². The van der Waals surface area contributed by atoms with Crippen molar-refractivity contribution in [3.8, 4) is 0 Å². The smallest absolute Gasteiger partial charge is 0.245 e. The molecular weight excluding hydrogens is 541 g/mol. The Kier molecular flexibility index (Phi) is 11.1. The number of hydrogen-bond acceptors (Lipinski definition) is 7. The molecule has 11 heteroatoms. The van der Waals surface area contributed by atoms with E-state index in [2.05, 4.69) is 10.6 Å². The molecule has 4 rings (SSSR count). The lowest BCUT2D eigenvalue weighted by Gasteiger charge is -2.39. The molecule has 10 nitrogen and oxygen atoms in total. The van der Waals surface area contributed by atoms with Crippen LogP contribution in [0.1, 0.15) is 65.7 Å². The predicted octanol–water partition coefficient (Wildman–Crippen LogP) is 3.64. The van der Waals surface area contributed by atoms with Crippen molar-refractivity contribution in [1.29, 1.82) is 0 Å². The maximum absolute atomic E-state index is 14.9. The number of benzene rings is 1. The van der Waals surface area contributed by atoms with Gasteiger partial charge in [-0.05, 0) is 48.8 Å². The van der Waals surface area contributed by atoms with E-state index in [9.17, 15) is 24.0 Å². The Balaban J connectivity index is 1.33. The molecule has 234 valence electrons. The third-order valence-corrected chi connectivity index (χ3v) is 8.87. The molecule has 2 saturated heterocycles. The first-order valence-electron chi connectivity index (χ1n) is 15.4. The number of hydrogen-bond donors (Lipinski definition) is 3. The maximum atomic E-state index is 14.9. The molecule has 0 radical (unpaired) electrons. The van der Waals surface area contributed by atoms with Gasteiger partial charge in [-0.2, -0.15) is 0 Å². The number of carbonyl (C=O) groups is 3. The Labute approximate surface area is 248 Å². The molecule has 0 unspecified atom stereocenters. The minimum atomic E-state index is -0.745. The minimum absolute atomic E-state index is 0.0953. The second-order valence-corrected chi connectivity index (χ2v) is 13.1. The first-order valence-corrected chi connectivity index (χ1v) is 15.4. The van der Waals surface area contributed by atoms with E-state index in [1.807, 2.05) is 37.8 Å². The summed E-state index contributed by atoms with van der Waals surface area (Å²) in [6, 6.07) is 4.60. The van der Waals surface area contributed by atoms with Crippen LogP contribution >= 0.6 is 0 Å². The van der Waals surface area contributed by atoms with Gasteiger partial charge in [-0.15, -0.1) is 0 Å². The van der Waals surface area contributed by atoms with E-state index in [1.165, 1.54) is 6.07 Å². The van der Waals surface area contributed by atoms with Gasteiger partial charge >= 0.3 is 0 Å². The van der Waals surface area contributed by atoms with E-state index in [0.29, 0.717) is 81.7 Å². The average molecular weight is 590 g/mol. The number of ether oxygens (including phenoxy) is 1. The average Bonchev–Trinajstić information content (AvgIpc) is 3.48. The minimum Gasteiger partial charge on any atom is -0.382 e. The number of halogens is 1. The fraction of sp³-hybridized carbons (Fsp3) is 0.710. The van der Waals surface area contributed by atoms with E-state index >= 15 is 0 Å². The van der Waals surface area contributed by atoms with Crippen molar-refractivity contribution >= 4 is 29.6 Å². The van der Waals surface area contributed by atoms with Crippen molar-refractivity contribution in [2.45, 2.75) is 77.8 Å². The molecule has 1 aliphatic carbocycles. The standard InChI is InChI=1S/C31H48FN5O5/c1-31(2,3)28(34-29(39)23(20-37(41)21-38)18-22-6-4-5-7-22)30(40)36-12-10-24(11-13-36)33-25-8-9-27(26(32)19-25)35-14-16-42-17-15-35/h8-9,19,21-24,28,33,41H,4-7,10-18,20H2,1-3H3,(H,34,39)/t23-,28-/m0/s1. The van der Waals surface area contributed by atoms with Crippen LogP contribution in [0.5, 0.6) is 0 Å². The molecule has 2 heterocycles. The van der Waals surface area contributed by atoms with Gasteiger partial charge in [-0.1, -0.05) is 46.5 Å². The Bertz CT molecular complexity index is 1060. The predicted molar refractivity (Wildman–Crippen MR) is 159 cm³/mol. The van der Waals surface area contributed by atoms with Crippen molar-refractivity contribution in [2.24, 2.45) is 17.3 Å². The number of piperidine rings is 1. The summed E-state index contributed by atoms with van der Waals surface area (Å²) < 4.78 is 20.2. The quantitative estimate of drug-likeness (QED) is 0.205. The van der Waals surface area contributed by atoms with Gasteiger partial charge in [0.15, 0.2) is 0 Å². The van der Waals surface area contributed by atoms with Gasteiger partial charge in [0, 0.05) is 37.9 Å². The summed E-state index contributed by atoms with van der Waals surface area (Å²) in [6.07, 6.45) is 6.60. The molecule has 1 aromatic rings. The van der Waals surface area contributed by atoms with Gasteiger partial charge in [0.2, 0.25) is 18.2 Å². The summed E-state index contributed by atoms with van der Waals surface area (Å²) in [5.74, 6) is -0.922. The number of anilines is 2. The molecule has 42 heavy (non-hydrogen) atoms. The van der Waals surface area contributed by atoms with Crippen LogP contribution in [0.3, 0.4) is 0 Å². The van der Waals surface area contributed by atoms with Crippen molar-refractivity contribution < 1.29 is 28.7 Å². The fourth-order valence-corrected chi connectivity index (χ4v) is 6.41. The number of carbonyl (C=O) groups excluding carboxylic acids is 3. The number of amides is 3. The highest BCUT2D eigenvalue weighted by Gasteiger charge is 2.39. The normalized spacial score (nSPS) is 20.2. The van der Waals surface area contributed by atoms with Gasteiger partial charge in [0.1, 0.15) is 11.9 Å². The largest absolute Gasteiger partial charge is 0.382 e. The van der Waals surface area contributed by atoms with Gasteiger partial charge < -0.3 is 25.2 Å². The van der Waals surface area contributed by atoms with Crippen LogP contribution in [0.2, 0.25) is 0 Å². The molecule has 1 saturated carbocycles. The Morgan fingerprint density at radius 1 is 1.12 bits per heavy atom. The number of likely N-dealkylation sites (tertiary alicyclic amines) is 1. The van der Waals surface area contributed by atoms with E-state index in [-0.39, 0.29) is 30.2 Å². The number of rotatable bonds is 11. The van der Waals surface area contributed by atoms with Gasteiger partial charge in [-0.3, -0.25) is 19.6 Å². The first-order chi connectivity index (χ1) is 20.0.